The summed E-state index contributed by atoms with van der Waals surface area (Å²) in [5.74, 6) is -0.284. The van der Waals surface area contributed by atoms with Crippen LogP contribution in [0.1, 0.15) is 32.4 Å². The van der Waals surface area contributed by atoms with E-state index in [0.717, 1.165) is 5.56 Å². The second kappa shape index (κ2) is 4.45. The molecule has 1 aromatic rings. The van der Waals surface area contributed by atoms with Gasteiger partial charge < -0.3 is 10.5 Å². The molecule has 3 nitrogen and oxygen atoms in total. The van der Waals surface area contributed by atoms with Crippen molar-refractivity contribution in [3.8, 4) is 0 Å². The van der Waals surface area contributed by atoms with Gasteiger partial charge in [0.2, 0.25) is 6.04 Å². The molecule has 15 heavy (non-hydrogen) atoms. The molecule has 0 radical (unpaired) electrons. The van der Waals surface area contributed by atoms with E-state index >= 15 is 0 Å². The number of esters is 1. The normalized spacial score (nSPS) is 13.3. The van der Waals surface area contributed by atoms with Crippen molar-refractivity contribution in [3.05, 3.63) is 35.9 Å². The third-order valence-corrected chi connectivity index (χ3v) is 1.89. The minimum absolute atomic E-state index is 0.284. The van der Waals surface area contributed by atoms with Gasteiger partial charge in [0.25, 0.3) is 0 Å². The van der Waals surface area contributed by atoms with Crippen LogP contribution in [0.5, 0.6) is 0 Å². The summed E-state index contributed by atoms with van der Waals surface area (Å²) in [6.07, 6.45) is 0. The largest absolute Gasteiger partial charge is 0.455 e. The fourth-order valence-corrected chi connectivity index (χ4v) is 1.19. The zero-order chi connectivity index (χ0) is 11.5. The van der Waals surface area contributed by atoms with Crippen LogP contribution in [-0.4, -0.2) is 11.6 Å². The van der Waals surface area contributed by atoms with Gasteiger partial charge in [0.1, 0.15) is 5.60 Å². The van der Waals surface area contributed by atoms with E-state index in [2.05, 4.69) is 5.73 Å². The third-order valence-electron chi connectivity index (χ3n) is 1.89. The summed E-state index contributed by atoms with van der Waals surface area (Å²) in [6.45, 7) is 5.55. The Hall–Kier alpha value is -1.35. The molecule has 0 aliphatic carbocycles. The van der Waals surface area contributed by atoms with Crippen LogP contribution in [0.3, 0.4) is 0 Å². The summed E-state index contributed by atoms with van der Waals surface area (Å²) in [7, 11) is 0. The first-order valence-corrected chi connectivity index (χ1v) is 5.01. The topological polar surface area (TPSA) is 53.9 Å². The Balaban J connectivity index is 2.70. The average Bonchev–Trinajstić information content (AvgIpc) is 2.15. The van der Waals surface area contributed by atoms with E-state index in [9.17, 15) is 4.79 Å². The molecule has 3 heteroatoms. The zero-order valence-electron chi connectivity index (χ0n) is 9.49. The molecule has 1 aromatic carbocycles. The van der Waals surface area contributed by atoms with Crippen LogP contribution >= 0.6 is 0 Å². The summed E-state index contributed by atoms with van der Waals surface area (Å²) < 4.78 is 5.25. The predicted molar refractivity (Wildman–Crippen MR) is 57.9 cm³/mol. The lowest BCUT2D eigenvalue weighted by Crippen LogP contribution is -2.58. The number of carbonyl (C=O) groups is 1. The maximum atomic E-state index is 11.7. The third kappa shape index (κ3) is 3.72. The lowest BCUT2D eigenvalue weighted by atomic mass is 10.1. The highest BCUT2D eigenvalue weighted by Crippen LogP contribution is 2.14. The summed E-state index contributed by atoms with van der Waals surface area (Å²) in [6, 6.07) is 8.98. The van der Waals surface area contributed by atoms with E-state index in [4.69, 9.17) is 4.74 Å². The molecule has 0 saturated heterocycles. The molecule has 0 amide bonds. The van der Waals surface area contributed by atoms with Crippen LogP contribution in [0.2, 0.25) is 0 Å². The summed E-state index contributed by atoms with van der Waals surface area (Å²) >= 11 is 0. The van der Waals surface area contributed by atoms with Crippen LogP contribution in [0, 0.1) is 0 Å². The van der Waals surface area contributed by atoms with E-state index < -0.39 is 11.6 Å². The predicted octanol–water partition coefficient (Wildman–Crippen LogP) is 1.31. The van der Waals surface area contributed by atoms with Crippen molar-refractivity contribution in [1.29, 1.82) is 0 Å². The van der Waals surface area contributed by atoms with Gasteiger partial charge in [-0.25, -0.2) is 4.79 Å². The first-order chi connectivity index (χ1) is 6.90. The molecule has 82 valence electrons. The maximum Gasteiger partial charge on any atom is 0.370 e. The minimum atomic E-state index is -0.457. The van der Waals surface area contributed by atoms with E-state index in [1.807, 2.05) is 51.1 Å². The molecule has 0 fully saturated rings. The van der Waals surface area contributed by atoms with Crippen LogP contribution in [0.15, 0.2) is 30.3 Å². The maximum absolute atomic E-state index is 11.7. The van der Waals surface area contributed by atoms with E-state index in [1.54, 1.807) is 0 Å². The van der Waals surface area contributed by atoms with E-state index in [-0.39, 0.29) is 5.97 Å². The molecule has 1 atom stereocenters. The van der Waals surface area contributed by atoms with Crippen LogP contribution in [0.25, 0.3) is 0 Å². The lowest BCUT2D eigenvalue weighted by Gasteiger charge is -2.20. The summed E-state index contributed by atoms with van der Waals surface area (Å²) in [5, 5.41) is 0. The first kappa shape index (κ1) is 11.7. The molecular weight excluding hydrogens is 190 g/mol. The first-order valence-electron chi connectivity index (χ1n) is 5.01. The number of hydrogen-bond acceptors (Lipinski definition) is 2. The van der Waals surface area contributed by atoms with Gasteiger partial charge in [0.15, 0.2) is 0 Å². The molecule has 0 spiro atoms. The van der Waals surface area contributed by atoms with Gasteiger partial charge in [-0.2, -0.15) is 0 Å². The van der Waals surface area contributed by atoms with Crippen LogP contribution in [0.4, 0.5) is 0 Å². The van der Waals surface area contributed by atoms with Gasteiger partial charge in [-0.1, -0.05) is 30.3 Å². The second-order valence-corrected chi connectivity index (χ2v) is 4.50. The number of hydrogen-bond donors (Lipinski definition) is 1. The van der Waals surface area contributed by atoms with Crippen molar-refractivity contribution >= 4 is 5.97 Å². The molecular formula is C12H18NO2+. The van der Waals surface area contributed by atoms with Crippen molar-refractivity contribution in [3.63, 3.8) is 0 Å². The van der Waals surface area contributed by atoms with Crippen molar-refractivity contribution in [2.75, 3.05) is 0 Å². The highest BCUT2D eigenvalue weighted by molar-refractivity contribution is 5.76. The fraction of sp³-hybridized carbons (Fsp3) is 0.417. The molecule has 1 rings (SSSR count). The smallest absolute Gasteiger partial charge is 0.370 e. The van der Waals surface area contributed by atoms with Gasteiger partial charge in [0, 0.05) is 5.56 Å². The Morgan fingerprint density at radius 1 is 1.27 bits per heavy atom. The monoisotopic (exact) mass is 208 g/mol. The standard InChI is InChI=1S/C12H17NO2/c1-12(2,3)15-11(14)10(13)9-7-5-4-6-8-9/h4-8,10H,13H2,1-3H3/p+1/t10-/m1/s1. The Bertz CT molecular complexity index is 327. The summed E-state index contributed by atoms with van der Waals surface area (Å²) in [4.78, 5) is 11.7. The van der Waals surface area contributed by atoms with Gasteiger partial charge >= 0.3 is 5.97 Å². The second-order valence-electron chi connectivity index (χ2n) is 4.50. The average molecular weight is 208 g/mol. The zero-order valence-corrected chi connectivity index (χ0v) is 9.49. The Morgan fingerprint density at radius 3 is 2.27 bits per heavy atom. The number of benzene rings is 1. The molecule has 0 aliphatic rings. The molecule has 0 aliphatic heterocycles. The van der Waals surface area contributed by atoms with Crippen molar-refractivity contribution in [2.24, 2.45) is 0 Å². The van der Waals surface area contributed by atoms with E-state index in [1.165, 1.54) is 0 Å². The van der Waals surface area contributed by atoms with Crippen LogP contribution < -0.4 is 5.73 Å². The molecule has 3 N–H and O–H groups in total. The fourth-order valence-electron chi connectivity index (χ4n) is 1.19. The van der Waals surface area contributed by atoms with Crippen molar-refractivity contribution in [2.45, 2.75) is 32.4 Å². The highest BCUT2D eigenvalue weighted by Gasteiger charge is 2.25. The number of ether oxygens (including phenoxy) is 1. The minimum Gasteiger partial charge on any atom is -0.455 e. The Kier molecular flexibility index (Phi) is 3.48. The molecule has 0 unspecified atom stereocenters. The van der Waals surface area contributed by atoms with Crippen LogP contribution in [-0.2, 0) is 9.53 Å². The number of rotatable bonds is 2. The van der Waals surface area contributed by atoms with Crippen molar-refractivity contribution in [1.82, 2.24) is 0 Å². The quantitative estimate of drug-likeness (QED) is 0.745. The molecule has 0 saturated carbocycles. The molecule has 0 aromatic heterocycles. The van der Waals surface area contributed by atoms with E-state index in [0.29, 0.717) is 0 Å². The van der Waals surface area contributed by atoms with Gasteiger partial charge in [-0.3, -0.25) is 0 Å². The SMILES string of the molecule is CC(C)(C)OC(=O)[C@H]([NH3+])c1ccccc1. The van der Waals surface area contributed by atoms with Crippen molar-refractivity contribution < 1.29 is 15.3 Å². The highest BCUT2D eigenvalue weighted by atomic mass is 16.6. The Morgan fingerprint density at radius 2 is 1.80 bits per heavy atom. The van der Waals surface area contributed by atoms with Gasteiger partial charge in [-0.15, -0.1) is 0 Å². The lowest BCUT2D eigenvalue weighted by molar-refractivity contribution is -0.415. The number of carbonyl (C=O) groups excluding carboxylic acids is 1. The summed E-state index contributed by atoms with van der Waals surface area (Å²) in [5.41, 5.74) is 4.24. The van der Waals surface area contributed by atoms with Gasteiger partial charge in [0.05, 0.1) is 0 Å². The van der Waals surface area contributed by atoms with Gasteiger partial charge in [-0.05, 0) is 20.8 Å². The Labute approximate surface area is 90.2 Å². The molecule has 0 heterocycles. The number of quaternary nitrogens is 1. The molecule has 0 bridgehead atoms.